The summed E-state index contributed by atoms with van der Waals surface area (Å²) in [5.41, 5.74) is 1.45. The fraction of sp³-hybridized carbons (Fsp3) is 0.227. The molecule has 0 radical (unpaired) electrons. The quantitative estimate of drug-likeness (QED) is 0.526. The fourth-order valence-corrected chi connectivity index (χ4v) is 5.25. The van der Waals surface area contributed by atoms with Gasteiger partial charge >= 0.3 is 0 Å². The smallest absolute Gasteiger partial charge is 0.247 e. The number of hydrogen-bond acceptors (Lipinski definition) is 5. The molecule has 0 spiro atoms. The molecule has 0 saturated carbocycles. The maximum absolute atomic E-state index is 12.7. The highest BCUT2D eigenvalue weighted by Gasteiger charge is 2.29. The third-order valence-corrected chi connectivity index (χ3v) is 6.65. The van der Waals surface area contributed by atoms with Crippen LogP contribution in [0.3, 0.4) is 0 Å². The molecule has 1 saturated heterocycles. The number of benzene rings is 1. The summed E-state index contributed by atoms with van der Waals surface area (Å²) in [7, 11) is 0. The average molecular weight is 424 g/mol. The number of aromatic nitrogens is 1. The lowest BCUT2D eigenvalue weighted by Gasteiger charge is -2.22. The summed E-state index contributed by atoms with van der Waals surface area (Å²) in [5, 5.41) is 4.50. The van der Waals surface area contributed by atoms with Crippen molar-refractivity contribution in [2.45, 2.75) is 25.8 Å². The molecule has 148 valence electrons. The van der Waals surface area contributed by atoms with Crippen LogP contribution in [-0.4, -0.2) is 28.2 Å². The summed E-state index contributed by atoms with van der Waals surface area (Å²) in [6, 6.07) is 13.7. The topological polar surface area (TPSA) is 53.5 Å². The number of rotatable bonds is 5. The molecule has 29 heavy (non-hydrogen) atoms. The highest BCUT2D eigenvalue weighted by Crippen LogP contribution is 2.35. The van der Waals surface area contributed by atoms with Gasteiger partial charge in [0.25, 0.3) is 0 Å². The fourth-order valence-electron chi connectivity index (χ4n) is 3.52. The second-order valence-electron chi connectivity index (χ2n) is 6.78. The Balaban J connectivity index is 1.49. The Labute approximate surface area is 177 Å². The first-order chi connectivity index (χ1) is 14.1. The molecule has 3 aromatic rings. The van der Waals surface area contributed by atoms with E-state index in [2.05, 4.69) is 16.4 Å². The standard InChI is InChI=1S/C22H21N3O2S2/c1-16(26)25(18-7-3-2-4-8-18)22-23-17(15-29-22)11-12-21(27)24-13-5-9-19(24)20-10-6-14-28-20/h2-4,6-8,10-12,14-15,19H,5,9,13H2,1H3/b12-11+. The maximum Gasteiger partial charge on any atom is 0.247 e. The normalized spacial score (nSPS) is 16.4. The van der Waals surface area contributed by atoms with Gasteiger partial charge in [0.05, 0.1) is 17.4 Å². The van der Waals surface area contributed by atoms with Crippen molar-refractivity contribution in [2.75, 3.05) is 11.4 Å². The molecule has 1 atom stereocenters. The number of hydrogen-bond donors (Lipinski definition) is 0. The largest absolute Gasteiger partial charge is 0.331 e. The van der Waals surface area contributed by atoms with Crippen molar-refractivity contribution in [3.05, 3.63) is 69.9 Å². The van der Waals surface area contributed by atoms with E-state index in [9.17, 15) is 9.59 Å². The van der Waals surface area contributed by atoms with Gasteiger partial charge in [-0.3, -0.25) is 14.5 Å². The summed E-state index contributed by atoms with van der Waals surface area (Å²) in [6.45, 7) is 2.30. The molecule has 1 unspecified atom stereocenters. The molecule has 0 bridgehead atoms. The molecule has 1 aliphatic heterocycles. The van der Waals surface area contributed by atoms with Crippen molar-refractivity contribution < 1.29 is 9.59 Å². The lowest BCUT2D eigenvalue weighted by atomic mass is 10.2. The first-order valence-electron chi connectivity index (χ1n) is 9.47. The van der Waals surface area contributed by atoms with Crippen LogP contribution in [0.4, 0.5) is 10.8 Å². The van der Waals surface area contributed by atoms with Crippen molar-refractivity contribution >= 4 is 51.4 Å². The number of thiophene rings is 1. The molecule has 1 aromatic carbocycles. The lowest BCUT2D eigenvalue weighted by molar-refractivity contribution is -0.126. The van der Waals surface area contributed by atoms with E-state index >= 15 is 0 Å². The van der Waals surface area contributed by atoms with Crippen molar-refractivity contribution in [2.24, 2.45) is 0 Å². The third-order valence-electron chi connectivity index (χ3n) is 4.83. The van der Waals surface area contributed by atoms with E-state index in [1.54, 1.807) is 28.4 Å². The van der Waals surface area contributed by atoms with Gasteiger partial charge in [-0.15, -0.1) is 22.7 Å². The predicted octanol–water partition coefficient (Wildman–Crippen LogP) is 5.27. The molecule has 2 aromatic heterocycles. The summed E-state index contributed by atoms with van der Waals surface area (Å²) in [5.74, 6) is -0.102. The van der Waals surface area contributed by atoms with Crippen LogP contribution in [0.15, 0.2) is 59.3 Å². The Hall–Kier alpha value is -2.77. The zero-order valence-electron chi connectivity index (χ0n) is 16.0. The van der Waals surface area contributed by atoms with Gasteiger partial charge in [0, 0.05) is 29.8 Å². The average Bonchev–Trinajstić information content (AvgIpc) is 3.47. The SMILES string of the molecule is CC(=O)N(c1ccccc1)c1nc(/C=C/C(=O)N2CCCC2c2cccs2)cs1. The van der Waals surface area contributed by atoms with Gasteiger partial charge in [-0.2, -0.15) is 0 Å². The van der Waals surface area contributed by atoms with Crippen LogP contribution < -0.4 is 4.90 Å². The Morgan fingerprint density at radius 3 is 2.72 bits per heavy atom. The monoisotopic (exact) mass is 423 g/mol. The van der Waals surface area contributed by atoms with E-state index in [1.807, 2.05) is 46.7 Å². The molecule has 5 nitrogen and oxygen atoms in total. The van der Waals surface area contributed by atoms with Crippen molar-refractivity contribution in [1.82, 2.24) is 9.88 Å². The second kappa shape index (κ2) is 8.71. The summed E-state index contributed by atoms with van der Waals surface area (Å²) < 4.78 is 0. The first kappa shape index (κ1) is 19.5. The number of carbonyl (C=O) groups is 2. The van der Waals surface area contributed by atoms with Gasteiger partial charge in [0.15, 0.2) is 5.13 Å². The van der Waals surface area contributed by atoms with Crippen LogP contribution in [0, 0.1) is 0 Å². The minimum Gasteiger partial charge on any atom is -0.331 e. The van der Waals surface area contributed by atoms with Crippen LogP contribution in [-0.2, 0) is 9.59 Å². The van der Waals surface area contributed by atoms with E-state index in [-0.39, 0.29) is 17.9 Å². The molecule has 0 N–H and O–H groups in total. The Morgan fingerprint density at radius 1 is 1.17 bits per heavy atom. The second-order valence-corrected chi connectivity index (χ2v) is 8.60. The van der Waals surface area contributed by atoms with Crippen molar-refractivity contribution in [3.63, 3.8) is 0 Å². The number of amides is 2. The van der Waals surface area contributed by atoms with E-state index in [4.69, 9.17) is 0 Å². The van der Waals surface area contributed by atoms with E-state index in [0.29, 0.717) is 10.8 Å². The van der Waals surface area contributed by atoms with Gasteiger partial charge in [-0.25, -0.2) is 4.98 Å². The third kappa shape index (κ3) is 4.31. The van der Waals surface area contributed by atoms with Gasteiger partial charge in [-0.1, -0.05) is 24.3 Å². The minimum atomic E-state index is -0.104. The zero-order valence-corrected chi connectivity index (χ0v) is 17.7. The van der Waals surface area contributed by atoms with Crippen molar-refractivity contribution in [1.29, 1.82) is 0 Å². The molecule has 0 aliphatic carbocycles. The molecule has 1 aliphatic rings. The van der Waals surface area contributed by atoms with E-state index in [0.717, 1.165) is 25.1 Å². The van der Waals surface area contributed by atoms with Crippen LogP contribution in [0.2, 0.25) is 0 Å². The van der Waals surface area contributed by atoms with Crippen LogP contribution in [0.5, 0.6) is 0 Å². The molecule has 3 heterocycles. The summed E-state index contributed by atoms with van der Waals surface area (Å²) in [4.78, 5) is 34.2. The predicted molar refractivity (Wildman–Crippen MR) is 118 cm³/mol. The Bertz CT molecular complexity index is 1010. The highest BCUT2D eigenvalue weighted by molar-refractivity contribution is 7.14. The van der Waals surface area contributed by atoms with E-state index in [1.165, 1.54) is 23.1 Å². The van der Waals surface area contributed by atoms with Gasteiger partial charge < -0.3 is 4.90 Å². The number of thiazole rings is 1. The number of nitrogens with zero attached hydrogens (tertiary/aromatic N) is 3. The number of para-hydroxylation sites is 1. The van der Waals surface area contributed by atoms with Crippen molar-refractivity contribution in [3.8, 4) is 0 Å². The molecule has 2 amide bonds. The van der Waals surface area contributed by atoms with Crippen LogP contribution in [0.25, 0.3) is 6.08 Å². The molecule has 4 rings (SSSR count). The van der Waals surface area contributed by atoms with Gasteiger partial charge in [0.1, 0.15) is 0 Å². The maximum atomic E-state index is 12.7. The summed E-state index contributed by atoms with van der Waals surface area (Å²) in [6.07, 6.45) is 5.35. The number of carbonyl (C=O) groups excluding carboxylic acids is 2. The first-order valence-corrected chi connectivity index (χ1v) is 11.2. The number of anilines is 2. The molecular formula is C22H21N3O2S2. The minimum absolute atomic E-state index is 0.00179. The Morgan fingerprint density at radius 2 is 2.00 bits per heavy atom. The highest BCUT2D eigenvalue weighted by atomic mass is 32.1. The van der Waals surface area contributed by atoms with E-state index < -0.39 is 0 Å². The van der Waals surface area contributed by atoms with Crippen LogP contribution in [0.1, 0.15) is 36.4 Å². The lowest BCUT2D eigenvalue weighted by Crippen LogP contribution is -2.28. The molecule has 1 fully saturated rings. The molecular weight excluding hydrogens is 402 g/mol. The zero-order chi connectivity index (χ0) is 20.2. The Kier molecular flexibility index (Phi) is 5.87. The van der Waals surface area contributed by atoms with Gasteiger partial charge in [-0.05, 0) is 42.5 Å². The number of likely N-dealkylation sites (tertiary alicyclic amines) is 1. The van der Waals surface area contributed by atoms with Crippen LogP contribution >= 0.6 is 22.7 Å². The van der Waals surface area contributed by atoms with Gasteiger partial charge in [0.2, 0.25) is 11.8 Å². The molecule has 7 heteroatoms. The summed E-state index contributed by atoms with van der Waals surface area (Å²) >= 11 is 3.08.